The number of hydrogen-bond donors (Lipinski definition) is 4. The lowest BCUT2D eigenvalue weighted by atomic mass is 10.0. The number of likely N-dealkylation sites (N-methyl/N-ethyl adjacent to an activating group) is 1. The maximum atomic E-state index is 13.4. The fraction of sp³-hybridized carbons (Fsp3) is 0.250. The van der Waals surface area contributed by atoms with E-state index in [0.29, 0.717) is 17.8 Å². The van der Waals surface area contributed by atoms with Gasteiger partial charge in [0, 0.05) is 38.3 Å². The van der Waals surface area contributed by atoms with Gasteiger partial charge < -0.3 is 20.6 Å². The van der Waals surface area contributed by atoms with Crippen LogP contribution in [0, 0.1) is 0 Å². The number of nitrogens with zero attached hydrogens (tertiary/aromatic N) is 2. The van der Waals surface area contributed by atoms with E-state index in [-0.39, 0.29) is 17.5 Å². The van der Waals surface area contributed by atoms with Gasteiger partial charge in [0.1, 0.15) is 6.04 Å². The van der Waals surface area contributed by atoms with E-state index in [4.69, 9.17) is 5.11 Å². The first-order chi connectivity index (χ1) is 17.9. The summed E-state index contributed by atoms with van der Waals surface area (Å²) in [6.45, 7) is 3.69. The minimum Gasteiger partial charge on any atom is -0.465 e. The second-order valence-corrected chi connectivity index (χ2v) is 9.00. The van der Waals surface area contributed by atoms with Crippen molar-refractivity contribution in [2.75, 3.05) is 43.9 Å². The Kier molecular flexibility index (Phi) is 8.50. The summed E-state index contributed by atoms with van der Waals surface area (Å²) < 4.78 is 0. The van der Waals surface area contributed by atoms with Crippen LogP contribution in [0.5, 0.6) is 0 Å². The van der Waals surface area contributed by atoms with Crippen molar-refractivity contribution in [1.29, 1.82) is 0 Å². The molecule has 3 aromatic rings. The minimum atomic E-state index is -1.22. The fourth-order valence-electron chi connectivity index (χ4n) is 4.32. The highest BCUT2D eigenvalue weighted by Gasteiger charge is 2.30. The Labute approximate surface area is 216 Å². The molecule has 1 unspecified atom stereocenters. The van der Waals surface area contributed by atoms with Crippen molar-refractivity contribution in [3.8, 4) is 0 Å². The Morgan fingerprint density at radius 2 is 1.41 bits per heavy atom. The number of para-hydroxylation sites is 2. The number of carbonyl (C=O) groups is 3. The van der Waals surface area contributed by atoms with Crippen LogP contribution >= 0.6 is 0 Å². The van der Waals surface area contributed by atoms with E-state index in [1.165, 1.54) is 0 Å². The molecule has 1 aliphatic rings. The SMILES string of the molecule is CN1CCN(C(C(=O)NCc2ccccc2)c2ccc(C(=O)Nc3ccccc3NC(=O)O)cc2)CC1. The van der Waals surface area contributed by atoms with Crippen LogP contribution < -0.4 is 16.0 Å². The molecule has 9 heteroatoms. The number of amides is 3. The third-order valence-corrected chi connectivity index (χ3v) is 6.37. The Morgan fingerprint density at radius 3 is 2.03 bits per heavy atom. The first-order valence-electron chi connectivity index (χ1n) is 12.2. The van der Waals surface area contributed by atoms with Crippen molar-refractivity contribution in [3.05, 3.63) is 95.6 Å². The van der Waals surface area contributed by atoms with Gasteiger partial charge in [-0.25, -0.2) is 4.79 Å². The first kappa shape index (κ1) is 25.9. The van der Waals surface area contributed by atoms with Crippen molar-refractivity contribution >= 4 is 29.3 Å². The van der Waals surface area contributed by atoms with Crippen molar-refractivity contribution in [2.24, 2.45) is 0 Å². The number of carboxylic acid groups (broad SMARTS) is 1. The van der Waals surface area contributed by atoms with Gasteiger partial charge in [-0.15, -0.1) is 0 Å². The Balaban J connectivity index is 1.50. The zero-order valence-corrected chi connectivity index (χ0v) is 20.7. The molecule has 0 aromatic heterocycles. The molecule has 37 heavy (non-hydrogen) atoms. The molecule has 0 radical (unpaired) electrons. The summed E-state index contributed by atoms with van der Waals surface area (Å²) in [5, 5.41) is 17.1. The molecule has 3 aromatic carbocycles. The molecule has 1 heterocycles. The summed E-state index contributed by atoms with van der Waals surface area (Å²) in [6, 6.07) is 22.9. The Morgan fingerprint density at radius 1 is 0.811 bits per heavy atom. The van der Waals surface area contributed by atoms with Gasteiger partial charge in [-0.05, 0) is 42.4 Å². The van der Waals surface area contributed by atoms with E-state index in [1.54, 1.807) is 48.5 Å². The van der Waals surface area contributed by atoms with Gasteiger partial charge in [0.05, 0.1) is 11.4 Å². The molecule has 0 spiro atoms. The van der Waals surface area contributed by atoms with Gasteiger partial charge in [0.25, 0.3) is 5.91 Å². The summed E-state index contributed by atoms with van der Waals surface area (Å²) in [5.41, 5.74) is 2.87. The average molecular weight is 502 g/mol. The molecular formula is C28H31N5O4. The third kappa shape index (κ3) is 6.93. The van der Waals surface area contributed by atoms with Crippen LogP contribution in [0.3, 0.4) is 0 Å². The summed E-state index contributed by atoms with van der Waals surface area (Å²) in [5.74, 6) is -0.463. The molecule has 9 nitrogen and oxygen atoms in total. The van der Waals surface area contributed by atoms with Crippen LogP contribution in [-0.2, 0) is 11.3 Å². The van der Waals surface area contributed by atoms with Gasteiger partial charge in [0.2, 0.25) is 5.91 Å². The van der Waals surface area contributed by atoms with Crippen molar-refractivity contribution in [1.82, 2.24) is 15.1 Å². The second-order valence-electron chi connectivity index (χ2n) is 9.00. The highest BCUT2D eigenvalue weighted by atomic mass is 16.4. The lowest BCUT2D eigenvalue weighted by molar-refractivity contribution is -0.127. The number of rotatable bonds is 8. The molecule has 1 atom stereocenters. The number of anilines is 2. The highest BCUT2D eigenvalue weighted by molar-refractivity contribution is 6.06. The maximum Gasteiger partial charge on any atom is 0.409 e. The lowest BCUT2D eigenvalue weighted by Gasteiger charge is -2.37. The fourth-order valence-corrected chi connectivity index (χ4v) is 4.32. The topological polar surface area (TPSA) is 114 Å². The third-order valence-electron chi connectivity index (χ3n) is 6.37. The molecule has 0 aliphatic carbocycles. The largest absolute Gasteiger partial charge is 0.465 e. The molecule has 192 valence electrons. The monoisotopic (exact) mass is 501 g/mol. The van der Waals surface area contributed by atoms with Gasteiger partial charge in [-0.2, -0.15) is 0 Å². The normalized spacial score (nSPS) is 14.9. The van der Waals surface area contributed by atoms with Gasteiger partial charge in [-0.3, -0.25) is 19.8 Å². The summed E-state index contributed by atoms with van der Waals surface area (Å²) in [4.78, 5) is 41.7. The van der Waals surface area contributed by atoms with Crippen molar-refractivity contribution in [3.63, 3.8) is 0 Å². The Hall–Kier alpha value is -4.21. The Bertz CT molecular complexity index is 1220. The number of piperazine rings is 1. The molecule has 1 aliphatic heterocycles. The van der Waals surface area contributed by atoms with Crippen molar-refractivity contribution < 1.29 is 19.5 Å². The van der Waals surface area contributed by atoms with Crippen LogP contribution in [-0.4, -0.2) is 66.0 Å². The average Bonchev–Trinajstić information content (AvgIpc) is 2.90. The molecule has 3 amide bonds. The lowest BCUT2D eigenvalue weighted by Crippen LogP contribution is -2.49. The van der Waals surface area contributed by atoms with Crippen LogP contribution in [0.4, 0.5) is 16.2 Å². The second kappa shape index (κ2) is 12.2. The van der Waals surface area contributed by atoms with E-state index >= 15 is 0 Å². The predicted molar refractivity (Wildman–Crippen MR) is 143 cm³/mol. The zero-order valence-electron chi connectivity index (χ0n) is 20.7. The van der Waals surface area contributed by atoms with E-state index in [9.17, 15) is 14.4 Å². The number of nitrogens with one attached hydrogen (secondary N) is 3. The van der Waals surface area contributed by atoms with Gasteiger partial charge in [-0.1, -0.05) is 54.6 Å². The van der Waals surface area contributed by atoms with Crippen LogP contribution in [0.2, 0.25) is 0 Å². The van der Waals surface area contributed by atoms with E-state index in [0.717, 1.165) is 37.3 Å². The van der Waals surface area contributed by atoms with Crippen LogP contribution in [0.25, 0.3) is 0 Å². The minimum absolute atomic E-state index is 0.0840. The molecule has 4 rings (SSSR count). The predicted octanol–water partition coefficient (Wildman–Crippen LogP) is 3.63. The summed E-state index contributed by atoms with van der Waals surface area (Å²) in [6.07, 6.45) is -1.22. The van der Waals surface area contributed by atoms with Crippen LogP contribution in [0.1, 0.15) is 27.5 Å². The molecule has 1 saturated heterocycles. The molecule has 0 bridgehead atoms. The number of benzene rings is 3. The molecular weight excluding hydrogens is 470 g/mol. The summed E-state index contributed by atoms with van der Waals surface area (Å²) in [7, 11) is 2.07. The molecule has 4 N–H and O–H groups in total. The van der Waals surface area contributed by atoms with Crippen LogP contribution in [0.15, 0.2) is 78.9 Å². The number of hydrogen-bond acceptors (Lipinski definition) is 5. The molecule has 1 fully saturated rings. The smallest absolute Gasteiger partial charge is 0.409 e. The van der Waals surface area contributed by atoms with E-state index < -0.39 is 12.1 Å². The first-order valence-corrected chi connectivity index (χ1v) is 12.2. The maximum absolute atomic E-state index is 13.4. The van der Waals surface area contributed by atoms with Gasteiger partial charge in [0.15, 0.2) is 0 Å². The van der Waals surface area contributed by atoms with Gasteiger partial charge >= 0.3 is 6.09 Å². The zero-order chi connectivity index (χ0) is 26.2. The number of carbonyl (C=O) groups excluding carboxylic acids is 2. The molecule has 0 saturated carbocycles. The van der Waals surface area contributed by atoms with E-state index in [2.05, 4.69) is 32.8 Å². The summed E-state index contributed by atoms with van der Waals surface area (Å²) >= 11 is 0. The van der Waals surface area contributed by atoms with Crippen molar-refractivity contribution in [2.45, 2.75) is 12.6 Å². The van der Waals surface area contributed by atoms with E-state index in [1.807, 2.05) is 30.3 Å². The highest BCUT2D eigenvalue weighted by Crippen LogP contribution is 2.25. The standard InChI is InChI=1S/C28H31N5O4/c1-32-15-17-33(18-16-32)25(27(35)29-19-20-7-3-2-4-8-20)21-11-13-22(14-12-21)26(34)30-23-9-5-6-10-24(23)31-28(36)37/h2-14,25,31H,15-19H2,1H3,(H,29,35)(H,30,34)(H,36,37). The quantitative estimate of drug-likeness (QED) is 0.375.